The highest BCUT2D eigenvalue weighted by Gasteiger charge is 2.10. The van der Waals surface area contributed by atoms with Gasteiger partial charge in [-0.1, -0.05) is 6.07 Å². The molecule has 1 heterocycles. The minimum Gasteiger partial charge on any atom is -0.369 e. The summed E-state index contributed by atoms with van der Waals surface area (Å²) in [6.07, 6.45) is 0. The van der Waals surface area contributed by atoms with Gasteiger partial charge in [0.15, 0.2) is 5.69 Å². The average molecular weight is 292 g/mol. The van der Waals surface area contributed by atoms with Crippen LogP contribution >= 0.6 is 0 Å². The van der Waals surface area contributed by atoms with E-state index in [2.05, 4.69) is 20.8 Å². The average Bonchev–Trinajstić information content (AvgIpc) is 2.47. The van der Waals surface area contributed by atoms with E-state index in [9.17, 15) is 13.6 Å². The van der Waals surface area contributed by atoms with Gasteiger partial charge >= 0.3 is 0 Å². The maximum Gasteiger partial charge on any atom is 0.272 e. The van der Waals surface area contributed by atoms with Gasteiger partial charge in [0.2, 0.25) is 0 Å². The van der Waals surface area contributed by atoms with E-state index in [0.717, 1.165) is 12.1 Å². The zero-order chi connectivity index (χ0) is 15.2. The third-order valence-corrected chi connectivity index (χ3v) is 2.71. The molecule has 2 aromatic rings. The topological polar surface area (TPSA) is 66.9 Å². The monoisotopic (exact) mass is 292 g/mol. The molecule has 0 unspecified atom stereocenters. The highest BCUT2D eigenvalue weighted by molar-refractivity contribution is 5.92. The van der Waals surface area contributed by atoms with Crippen LogP contribution in [0.25, 0.3) is 0 Å². The summed E-state index contributed by atoms with van der Waals surface area (Å²) in [7, 11) is 0. The van der Waals surface area contributed by atoms with Gasteiger partial charge in [-0.3, -0.25) is 4.79 Å². The molecule has 2 N–H and O–H groups in total. The van der Waals surface area contributed by atoms with Crippen LogP contribution in [-0.2, 0) is 6.54 Å². The number of aromatic nitrogens is 2. The molecule has 0 radical (unpaired) electrons. The van der Waals surface area contributed by atoms with E-state index in [-0.39, 0.29) is 17.8 Å². The predicted octanol–water partition coefficient (Wildman–Crippen LogP) is 2.12. The first-order chi connectivity index (χ1) is 10.1. The second-order valence-corrected chi connectivity index (χ2v) is 4.25. The molecule has 5 nitrogen and oxygen atoms in total. The second-order valence-electron chi connectivity index (χ2n) is 4.25. The van der Waals surface area contributed by atoms with Crippen LogP contribution in [0.1, 0.15) is 23.0 Å². The first-order valence-electron chi connectivity index (χ1n) is 6.40. The number of rotatable bonds is 5. The first-order valence-corrected chi connectivity index (χ1v) is 6.40. The number of carbonyl (C=O) groups excluding carboxylic acids is 1. The quantitative estimate of drug-likeness (QED) is 0.886. The number of benzene rings is 1. The van der Waals surface area contributed by atoms with Crippen LogP contribution in [0.2, 0.25) is 0 Å². The number of amides is 1. The van der Waals surface area contributed by atoms with Crippen LogP contribution in [-0.4, -0.2) is 22.6 Å². The van der Waals surface area contributed by atoms with Gasteiger partial charge in [0.05, 0.1) is 0 Å². The smallest absolute Gasteiger partial charge is 0.272 e. The Hall–Kier alpha value is -2.57. The van der Waals surface area contributed by atoms with Crippen LogP contribution in [0.4, 0.5) is 14.6 Å². The predicted molar refractivity (Wildman–Crippen MR) is 73.7 cm³/mol. The van der Waals surface area contributed by atoms with Crippen molar-refractivity contribution in [1.29, 1.82) is 0 Å². The molecule has 0 saturated carbocycles. The van der Waals surface area contributed by atoms with Gasteiger partial charge in [-0.25, -0.2) is 8.78 Å². The third-order valence-electron chi connectivity index (χ3n) is 2.71. The number of halogens is 2. The molecule has 21 heavy (non-hydrogen) atoms. The summed E-state index contributed by atoms with van der Waals surface area (Å²) < 4.78 is 26.2. The fourth-order valence-electron chi connectivity index (χ4n) is 1.66. The molecule has 110 valence electrons. The number of anilines is 1. The molecule has 0 atom stereocenters. The maximum absolute atomic E-state index is 13.4. The summed E-state index contributed by atoms with van der Waals surface area (Å²) in [5, 5.41) is 13.1. The highest BCUT2D eigenvalue weighted by atomic mass is 19.1. The molecule has 0 aliphatic rings. The zero-order valence-corrected chi connectivity index (χ0v) is 11.4. The van der Waals surface area contributed by atoms with Crippen LogP contribution in [0, 0.1) is 11.6 Å². The van der Waals surface area contributed by atoms with Crippen molar-refractivity contribution in [2.24, 2.45) is 0 Å². The van der Waals surface area contributed by atoms with Crippen LogP contribution in [0.15, 0.2) is 30.3 Å². The summed E-state index contributed by atoms with van der Waals surface area (Å²) in [4.78, 5) is 11.8. The van der Waals surface area contributed by atoms with E-state index >= 15 is 0 Å². The van der Waals surface area contributed by atoms with E-state index in [1.165, 1.54) is 12.1 Å². The van der Waals surface area contributed by atoms with Crippen molar-refractivity contribution in [2.75, 3.05) is 11.9 Å². The van der Waals surface area contributed by atoms with Gasteiger partial charge in [0.1, 0.15) is 17.5 Å². The molecule has 7 heteroatoms. The molecule has 1 aromatic carbocycles. The Labute approximate surface area is 120 Å². The molecule has 2 rings (SSSR count). The number of carbonyl (C=O) groups is 1. The standard InChI is InChI=1S/C14H14F2N4O/c1-2-17-13-6-5-12(19-20-13)14(21)18-8-9-3-4-10(15)7-11(9)16/h3-7H,2,8H2,1H3,(H,17,20)(H,18,21). The van der Waals surface area contributed by atoms with E-state index < -0.39 is 17.5 Å². The van der Waals surface area contributed by atoms with Crippen molar-refractivity contribution in [3.63, 3.8) is 0 Å². The highest BCUT2D eigenvalue weighted by Crippen LogP contribution is 2.09. The summed E-state index contributed by atoms with van der Waals surface area (Å²) in [6, 6.07) is 6.33. The second kappa shape index (κ2) is 6.74. The molecular formula is C14H14F2N4O. The van der Waals surface area contributed by atoms with Crippen molar-refractivity contribution in [3.05, 3.63) is 53.2 Å². The van der Waals surface area contributed by atoms with Crippen LogP contribution in [0.5, 0.6) is 0 Å². The van der Waals surface area contributed by atoms with Crippen molar-refractivity contribution in [2.45, 2.75) is 13.5 Å². The van der Waals surface area contributed by atoms with Gasteiger partial charge in [0, 0.05) is 24.7 Å². The molecule has 0 bridgehead atoms. The number of nitrogens with zero attached hydrogens (tertiary/aromatic N) is 2. The van der Waals surface area contributed by atoms with Crippen molar-refractivity contribution in [1.82, 2.24) is 15.5 Å². The fourth-order valence-corrected chi connectivity index (χ4v) is 1.66. The Morgan fingerprint density at radius 2 is 2.00 bits per heavy atom. The number of hydrogen-bond acceptors (Lipinski definition) is 4. The van der Waals surface area contributed by atoms with E-state index in [1.807, 2.05) is 6.92 Å². The minimum atomic E-state index is -0.705. The van der Waals surface area contributed by atoms with Crippen molar-refractivity contribution >= 4 is 11.7 Å². The lowest BCUT2D eigenvalue weighted by molar-refractivity contribution is 0.0944. The number of hydrogen-bond donors (Lipinski definition) is 2. The lowest BCUT2D eigenvalue weighted by Crippen LogP contribution is -2.24. The van der Waals surface area contributed by atoms with Gasteiger partial charge < -0.3 is 10.6 Å². The Morgan fingerprint density at radius 3 is 2.62 bits per heavy atom. The lowest BCUT2D eigenvalue weighted by atomic mass is 10.2. The Kier molecular flexibility index (Phi) is 4.76. The van der Waals surface area contributed by atoms with Gasteiger partial charge in [-0.05, 0) is 25.1 Å². The summed E-state index contributed by atoms with van der Waals surface area (Å²) in [6.45, 7) is 2.56. The Bertz CT molecular complexity index is 631. The van der Waals surface area contributed by atoms with E-state index in [0.29, 0.717) is 12.4 Å². The molecular weight excluding hydrogens is 278 g/mol. The van der Waals surface area contributed by atoms with Crippen molar-refractivity contribution < 1.29 is 13.6 Å². The van der Waals surface area contributed by atoms with Gasteiger partial charge in [-0.15, -0.1) is 10.2 Å². The third kappa shape index (κ3) is 3.95. The van der Waals surface area contributed by atoms with E-state index in [4.69, 9.17) is 0 Å². The molecule has 0 saturated heterocycles. The largest absolute Gasteiger partial charge is 0.369 e. The summed E-state index contributed by atoms with van der Waals surface area (Å²) in [5.74, 6) is -1.27. The summed E-state index contributed by atoms with van der Waals surface area (Å²) >= 11 is 0. The Balaban J connectivity index is 1.98. The van der Waals surface area contributed by atoms with E-state index in [1.54, 1.807) is 6.07 Å². The normalized spacial score (nSPS) is 10.2. The Morgan fingerprint density at radius 1 is 1.19 bits per heavy atom. The molecule has 1 aromatic heterocycles. The van der Waals surface area contributed by atoms with Crippen LogP contribution in [0.3, 0.4) is 0 Å². The number of nitrogens with one attached hydrogen (secondary N) is 2. The molecule has 0 fully saturated rings. The minimum absolute atomic E-state index is 0.0540. The van der Waals surface area contributed by atoms with Crippen LogP contribution < -0.4 is 10.6 Å². The lowest BCUT2D eigenvalue weighted by Gasteiger charge is -2.06. The summed E-state index contributed by atoms with van der Waals surface area (Å²) in [5.41, 5.74) is 0.321. The zero-order valence-electron chi connectivity index (χ0n) is 11.4. The van der Waals surface area contributed by atoms with Gasteiger partial charge in [0.25, 0.3) is 5.91 Å². The maximum atomic E-state index is 13.4. The molecule has 0 aliphatic heterocycles. The first kappa shape index (κ1) is 14.8. The molecule has 0 spiro atoms. The molecule has 1 amide bonds. The molecule has 0 aliphatic carbocycles. The van der Waals surface area contributed by atoms with Crippen molar-refractivity contribution in [3.8, 4) is 0 Å². The van der Waals surface area contributed by atoms with Gasteiger partial charge in [-0.2, -0.15) is 0 Å². The fraction of sp³-hybridized carbons (Fsp3) is 0.214. The SMILES string of the molecule is CCNc1ccc(C(=O)NCc2ccc(F)cc2F)nn1.